The summed E-state index contributed by atoms with van der Waals surface area (Å²) < 4.78 is 11.0. The van der Waals surface area contributed by atoms with Gasteiger partial charge in [0.1, 0.15) is 0 Å². The Morgan fingerprint density at radius 2 is 2.04 bits per heavy atom. The van der Waals surface area contributed by atoms with Crippen LogP contribution < -0.4 is 20.1 Å². The van der Waals surface area contributed by atoms with E-state index in [4.69, 9.17) is 21.7 Å². The van der Waals surface area contributed by atoms with E-state index in [9.17, 15) is 14.9 Å². The van der Waals surface area contributed by atoms with Gasteiger partial charge in [-0.05, 0) is 45.0 Å². The third-order valence-electron chi connectivity index (χ3n) is 4.47. The summed E-state index contributed by atoms with van der Waals surface area (Å²) in [5, 5.41) is 18.1. The number of rotatable bonds is 5. The van der Waals surface area contributed by atoms with Crippen molar-refractivity contribution >= 4 is 28.8 Å². The van der Waals surface area contributed by atoms with E-state index in [0.717, 1.165) is 12.1 Å². The average molecular weight is 391 g/mol. The Morgan fingerprint density at radius 1 is 1.30 bits per heavy atom. The molecule has 1 aromatic rings. The average Bonchev–Trinajstić information content (AvgIpc) is 2.60. The highest BCUT2D eigenvalue weighted by molar-refractivity contribution is 7.80. The highest BCUT2D eigenvalue weighted by atomic mass is 32.1. The Kier molecular flexibility index (Phi) is 5.31. The summed E-state index contributed by atoms with van der Waals surface area (Å²) in [5.74, 6) is 0.602. The van der Waals surface area contributed by atoms with Crippen molar-refractivity contribution < 1.29 is 19.2 Å². The molecule has 27 heavy (non-hydrogen) atoms. The maximum Gasteiger partial charge on any atom is 0.279 e. The molecule has 3 rings (SSSR count). The Labute approximate surface area is 162 Å². The predicted molar refractivity (Wildman–Crippen MR) is 103 cm³/mol. The Morgan fingerprint density at radius 3 is 2.67 bits per heavy atom. The van der Waals surface area contributed by atoms with Crippen molar-refractivity contribution in [3.8, 4) is 11.5 Å². The lowest BCUT2D eigenvalue weighted by Crippen LogP contribution is -2.46. The lowest BCUT2D eigenvalue weighted by atomic mass is 9.85. The number of nitro benzene ring substituents is 1. The zero-order valence-corrected chi connectivity index (χ0v) is 16.1. The molecule has 0 radical (unpaired) electrons. The van der Waals surface area contributed by atoms with Crippen LogP contribution in [0.5, 0.6) is 11.5 Å². The number of ketones is 1. The van der Waals surface area contributed by atoms with Crippen molar-refractivity contribution in [2.45, 2.75) is 45.3 Å². The summed E-state index contributed by atoms with van der Waals surface area (Å²) in [6.45, 7) is 3.70. The number of nitrogens with one attached hydrogen (secondary N) is 2. The number of ether oxygens (including phenoxy) is 2. The zero-order chi connectivity index (χ0) is 19.7. The van der Waals surface area contributed by atoms with Crippen molar-refractivity contribution in [3.05, 3.63) is 39.1 Å². The number of carbonyl (C=O) groups is 1. The number of hydrogen-bond donors (Lipinski definition) is 2. The van der Waals surface area contributed by atoms with Crippen molar-refractivity contribution in [1.82, 2.24) is 10.6 Å². The van der Waals surface area contributed by atoms with E-state index in [0.29, 0.717) is 34.8 Å². The highest BCUT2D eigenvalue weighted by Crippen LogP contribution is 2.42. The number of benzene rings is 1. The molecule has 8 nitrogen and oxygen atoms in total. The van der Waals surface area contributed by atoms with Crippen LogP contribution >= 0.6 is 12.2 Å². The van der Waals surface area contributed by atoms with Crippen LogP contribution in [0.15, 0.2) is 23.4 Å². The van der Waals surface area contributed by atoms with Crippen molar-refractivity contribution in [3.63, 3.8) is 0 Å². The highest BCUT2D eigenvalue weighted by Gasteiger charge is 2.37. The largest absolute Gasteiger partial charge is 0.493 e. The van der Waals surface area contributed by atoms with Crippen LogP contribution in [0.2, 0.25) is 0 Å². The number of methoxy groups -OCH3 is 1. The summed E-state index contributed by atoms with van der Waals surface area (Å²) in [6, 6.07) is 2.19. The minimum Gasteiger partial charge on any atom is -0.493 e. The first-order valence-electron chi connectivity index (χ1n) is 8.68. The van der Waals surface area contributed by atoms with Gasteiger partial charge in [0, 0.05) is 17.7 Å². The molecule has 0 saturated carbocycles. The van der Waals surface area contributed by atoms with Crippen molar-refractivity contribution in [2.75, 3.05) is 7.11 Å². The summed E-state index contributed by atoms with van der Waals surface area (Å²) in [6.07, 6.45) is 1.66. The molecular formula is C18H21N3O5S. The molecule has 2 N–H and O–H groups in total. The Balaban J connectivity index is 2.20. The summed E-state index contributed by atoms with van der Waals surface area (Å²) in [5.41, 5.74) is 1.40. The van der Waals surface area contributed by atoms with Gasteiger partial charge in [0.15, 0.2) is 22.4 Å². The molecule has 0 saturated heterocycles. The van der Waals surface area contributed by atoms with Crippen LogP contribution in [-0.2, 0) is 4.79 Å². The maximum atomic E-state index is 12.6. The van der Waals surface area contributed by atoms with Gasteiger partial charge >= 0.3 is 0 Å². The minimum atomic E-state index is -0.706. The van der Waals surface area contributed by atoms with Crippen LogP contribution in [-0.4, -0.2) is 29.0 Å². The zero-order valence-electron chi connectivity index (χ0n) is 15.3. The van der Waals surface area contributed by atoms with E-state index in [1.165, 1.54) is 13.2 Å². The number of allylic oxidation sites excluding steroid dienone is 1. The summed E-state index contributed by atoms with van der Waals surface area (Å²) >= 11 is 5.26. The fourth-order valence-corrected chi connectivity index (χ4v) is 3.64. The van der Waals surface area contributed by atoms with Gasteiger partial charge in [-0.3, -0.25) is 14.9 Å². The molecule has 144 valence electrons. The lowest BCUT2D eigenvalue weighted by molar-refractivity contribution is -0.385. The van der Waals surface area contributed by atoms with E-state index in [1.807, 2.05) is 13.8 Å². The topological polar surface area (TPSA) is 103 Å². The fourth-order valence-electron chi connectivity index (χ4n) is 3.40. The molecule has 1 aliphatic carbocycles. The number of carbonyl (C=O) groups excluding carboxylic acids is 1. The second-order valence-corrected chi connectivity index (χ2v) is 7.09. The molecule has 1 unspecified atom stereocenters. The van der Waals surface area contributed by atoms with Crippen LogP contribution in [0.25, 0.3) is 0 Å². The first-order chi connectivity index (χ1) is 12.8. The second kappa shape index (κ2) is 7.51. The van der Waals surface area contributed by atoms with Gasteiger partial charge in [0.25, 0.3) is 5.69 Å². The molecule has 1 heterocycles. The van der Waals surface area contributed by atoms with E-state index in [-0.39, 0.29) is 23.3 Å². The van der Waals surface area contributed by atoms with E-state index < -0.39 is 11.0 Å². The van der Waals surface area contributed by atoms with Crippen LogP contribution in [0, 0.1) is 10.1 Å². The molecule has 0 fully saturated rings. The molecule has 0 spiro atoms. The quantitative estimate of drug-likeness (QED) is 0.449. The third-order valence-corrected chi connectivity index (χ3v) is 4.69. The summed E-state index contributed by atoms with van der Waals surface area (Å²) in [7, 11) is 1.43. The molecule has 9 heteroatoms. The molecule has 0 aromatic heterocycles. The van der Waals surface area contributed by atoms with Crippen molar-refractivity contribution in [2.24, 2.45) is 0 Å². The Hall–Kier alpha value is -2.68. The molecule has 2 aliphatic rings. The van der Waals surface area contributed by atoms with Gasteiger partial charge in [-0.1, -0.05) is 0 Å². The molecule has 0 amide bonds. The maximum absolute atomic E-state index is 12.6. The number of nitrogens with zero attached hydrogens (tertiary/aromatic N) is 1. The normalized spacial score (nSPS) is 19.3. The van der Waals surface area contributed by atoms with Gasteiger partial charge in [0.05, 0.1) is 35.8 Å². The van der Waals surface area contributed by atoms with E-state index in [2.05, 4.69) is 10.6 Å². The molecule has 1 atom stereocenters. The number of hydrogen-bond acceptors (Lipinski definition) is 6. The lowest BCUT2D eigenvalue weighted by Gasteiger charge is -2.33. The monoisotopic (exact) mass is 391 g/mol. The first-order valence-corrected chi connectivity index (χ1v) is 9.09. The molecule has 0 bridgehead atoms. The SMILES string of the molecule is COc1cc([N+](=O)[O-])c(C2NC(=S)NC3=C2C(=O)CCC3)cc1OC(C)C. The number of Topliss-reactive ketones (excluding diaryl/α,β-unsaturated/α-hetero) is 1. The van der Waals surface area contributed by atoms with Gasteiger partial charge < -0.3 is 20.1 Å². The fraction of sp³-hybridized carbons (Fsp3) is 0.444. The smallest absolute Gasteiger partial charge is 0.279 e. The Bertz CT molecular complexity index is 850. The van der Waals surface area contributed by atoms with E-state index >= 15 is 0 Å². The van der Waals surface area contributed by atoms with E-state index in [1.54, 1.807) is 6.07 Å². The molecule has 1 aromatic carbocycles. The minimum absolute atomic E-state index is 0.0415. The first kappa shape index (κ1) is 19.1. The second-order valence-electron chi connectivity index (χ2n) is 6.69. The van der Waals surface area contributed by atoms with Gasteiger partial charge in [0.2, 0.25) is 0 Å². The predicted octanol–water partition coefficient (Wildman–Crippen LogP) is 2.92. The van der Waals surface area contributed by atoms with Crippen LogP contribution in [0.4, 0.5) is 5.69 Å². The van der Waals surface area contributed by atoms with Gasteiger partial charge in [-0.2, -0.15) is 0 Å². The van der Waals surface area contributed by atoms with Crippen molar-refractivity contribution in [1.29, 1.82) is 0 Å². The van der Waals surface area contributed by atoms with Gasteiger partial charge in [-0.25, -0.2) is 0 Å². The number of nitro groups is 1. The van der Waals surface area contributed by atoms with Crippen LogP contribution in [0.3, 0.4) is 0 Å². The standard InChI is InChI=1S/C18H21N3O5S/c1-9(2)26-15-7-10(12(21(23)24)8-14(15)25-3)17-16-11(19-18(27)20-17)5-4-6-13(16)22/h7-9,17H,4-6H2,1-3H3,(H2,19,20,27). The molecule has 1 aliphatic heterocycles. The number of thiocarbonyl (C=S) groups is 1. The molecular weight excluding hydrogens is 370 g/mol. The third kappa shape index (κ3) is 3.73. The summed E-state index contributed by atoms with van der Waals surface area (Å²) in [4.78, 5) is 23.8. The van der Waals surface area contributed by atoms with Gasteiger partial charge in [-0.15, -0.1) is 0 Å². The van der Waals surface area contributed by atoms with Crippen LogP contribution in [0.1, 0.15) is 44.7 Å².